The highest BCUT2D eigenvalue weighted by molar-refractivity contribution is 5.78. The topological polar surface area (TPSA) is 66.8 Å². The second-order valence-electron chi connectivity index (χ2n) is 4.67. The largest absolute Gasteiger partial charge is 0.494 e. The van der Waals surface area contributed by atoms with Gasteiger partial charge in [0.2, 0.25) is 0 Å². The third-order valence-electron chi connectivity index (χ3n) is 3.40. The van der Waals surface area contributed by atoms with Crippen LogP contribution in [-0.2, 0) is 4.79 Å². The number of aliphatic carboxylic acids is 1. The van der Waals surface area contributed by atoms with Gasteiger partial charge in [0, 0.05) is 11.5 Å². The molecular formula is C15H22O4. The third kappa shape index (κ3) is 3.26. The summed E-state index contributed by atoms with van der Waals surface area (Å²) in [6, 6.07) is 7.26. The van der Waals surface area contributed by atoms with Gasteiger partial charge in [-0.1, -0.05) is 38.5 Å². The van der Waals surface area contributed by atoms with Gasteiger partial charge in [0.15, 0.2) is 5.60 Å². The molecule has 0 bridgehead atoms. The molecule has 0 aliphatic rings. The fraction of sp³-hybridized carbons (Fsp3) is 0.533. The van der Waals surface area contributed by atoms with E-state index in [2.05, 4.69) is 0 Å². The minimum absolute atomic E-state index is 0.212. The molecule has 0 heterocycles. The standard InChI is InChI=1S/C15H22O4/c1-4-10-15(18,14(16)17)11(3)12-8-6-7-9-13(12)19-5-2/h6-9,11,18H,4-5,10H2,1-3H3,(H,16,17). The Hall–Kier alpha value is -1.55. The first kappa shape index (κ1) is 15.5. The molecule has 0 aliphatic heterocycles. The molecule has 19 heavy (non-hydrogen) atoms. The van der Waals surface area contributed by atoms with Crippen LogP contribution < -0.4 is 4.74 Å². The molecule has 1 aromatic rings. The molecule has 0 saturated carbocycles. The number of aliphatic hydroxyl groups is 1. The third-order valence-corrected chi connectivity index (χ3v) is 3.40. The number of carboxylic acid groups (broad SMARTS) is 1. The molecule has 2 N–H and O–H groups in total. The van der Waals surface area contributed by atoms with Gasteiger partial charge in [-0.2, -0.15) is 0 Å². The lowest BCUT2D eigenvalue weighted by Gasteiger charge is -2.31. The predicted octanol–water partition coefficient (Wildman–Crippen LogP) is 2.80. The average Bonchev–Trinajstić information content (AvgIpc) is 2.39. The van der Waals surface area contributed by atoms with Crippen molar-refractivity contribution in [1.82, 2.24) is 0 Å². The van der Waals surface area contributed by atoms with E-state index < -0.39 is 17.5 Å². The van der Waals surface area contributed by atoms with Crippen LogP contribution >= 0.6 is 0 Å². The zero-order valence-corrected chi connectivity index (χ0v) is 11.7. The number of para-hydroxylation sites is 1. The van der Waals surface area contributed by atoms with Crippen LogP contribution in [0.25, 0.3) is 0 Å². The first-order chi connectivity index (χ1) is 8.97. The molecule has 0 radical (unpaired) electrons. The highest BCUT2D eigenvalue weighted by atomic mass is 16.5. The van der Waals surface area contributed by atoms with Crippen LogP contribution in [0.3, 0.4) is 0 Å². The molecule has 0 aromatic heterocycles. The van der Waals surface area contributed by atoms with Crippen molar-refractivity contribution < 1.29 is 19.7 Å². The maximum Gasteiger partial charge on any atom is 0.336 e. The normalized spacial score (nSPS) is 15.6. The summed E-state index contributed by atoms with van der Waals surface area (Å²) in [6.07, 6.45) is 0.813. The Balaban J connectivity index is 3.16. The van der Waals surface area contributed by atoms with Crippen LogP contribution in [0.15, 0.2) is 24.3 Å². The van der Waals surface area contributed by atoms with E-state index in [0.29, 0.717) is 18.8 Å². The SMILES string of the molecule is CCCC(O)(C(=O)O)C(C)c1ccccc1OCC. The predicted molar refractivity (Wildman–Crippen MR) is 73.5 cm³/mol. The van der Waals surface area contributed by atoms with E-state index in [9.17, 15) is 15.0 Å². The summed E-state index contributed by atoms with van der Waals surface area (Å²) in [5.74, 6) is -1.09. The Bertz CT molecular complexity index is 430. The first-order valence-electron chi connectivity index (χ1n) is 6.64. The van der Waals surface area contributed by atoms with Gasteiger partial charge >= 0.3 is 5.97 Å². The fourth-order valence-corrected chi connectivity index (χ4v) is 2.27. The van der Waals surface area contributed by atoms with Gasteiger partial charge in [-0.3, -0.25) is 0 Å². The number of benzene rings is 1. The van der Waals surface area contributed by atoms with Crippen molar-refractivity contribution in [1.29, 1.82) is 0 Å². The second kappa shape index (κ2) is 6.57. The molecular weight excluding hydrogens is 244 g/mol. The number of rotatable bonds is 7. The van der Waals surface area contributed by atoms with Crippen molar-refractivity contribution >= 4 is 5.97 Å². The fourth-order valence-electron chi connectivity index (χ4n) is 2.27. The van der Waals surface area contributed by atoms with Gasteiger partial charge in [-0.05, 0) is 19.4 Å². The molecule has 0 aliphatic carbocycles. The summed E-state index contributed by atoms with van der Waals surface area (Å²) in [4.78, 5) is 11.4. The number of ether oxygens (including phenoxy) is 1. The van der Waals surface area contributed by atoms with Crippen LogP contribution in [-0.4, -0.2) is 28.4 Å². The minimum Gasteiger partial charge on any atom is -0.494 e. The number of carbonyl (C=O) groups is 1. The molecule has 2 atom stereocenters. The molecule has 2 unspecified atom stereocenters. The molecule has 106 valence electrons. The van der Waals surface area contributed by atoms with E-state index in [1.807, 2.05) is 26.0 Å². The van der Waals surface area contributed by atoms with Crippen LogP contribution in [0.2, 0.25) is 0 Å². The van der Waals surface area contributed by atoms with E-state index in [0.717, 1.165) is 5.56 Å². The lowest BCUT2D eigenvalue weighted by Crippen LogP contribution is -2.43. The smallest absolute Gasteiger partial charge is 0.336 e. The zero-order chi connectivity index (χ0) is 14.5. The van der Waals surface area contributed by atoms with Crippen molar-refractivity contribution in [2.75, 3.05) is 6.61 Å². The van der Waals surface area contributed by atoms with Crippen LogP contribution in [0.5, 0.6) is 5.75 Å². The van der Waals surface area contributed by atoms with Crippen molar-refractivity contribution in [2.45, 2.75) is 45.1 Å². The molecule has 0 amide bonds. The lowest BCUT2D eigenvalue weighted by molar-refractivity contribution is -0.161. The minimum atomic E-state index is -1.76. The Morgan fingerprint density at radius 1 is 1.37 bits per heavy atom. The van der Waals surface area contributed by atoms with Gasteiger partial charge in [0.05, 0.1) is 6.61 Å². The van der Waals surface area contributed by atoms with E-state index >= 15 is 0 Å². The van der Waals surface area contributed by atoms with E-state index in [1.54, 1.807) is 19.1 Å². The maximum absolute atomic E-state index is 11.4. The number of hydrogen-bond acceptors (Lipinski definition) is 3. The molecule has 0 spiro atoms. The zero-order valence-electron chi connectivity index (χ0n) is 11.7. The van der Waals surface area contributed by atoms with Crippen molar-refractivity contribution in [3.63, 3.8) is 0 Å². The quantitative estimate of drug-likeness (QED) is 0.796. The second-order valence-corrected chi connectivity index (χ2v) is 4.67. The van der Waals surface area contributed by atoms with Gasteiger partial charge in [-0.15, -0.1) is 0 Å². The average molecular weight is 266 g/mol. The maximum atomic E-state index is 11.4. The lowest BCUT2D eigenvalue weighted by atomic mass is 9.80. The highest BCUT2D eigenvalue weighted by Crippen LogP contribution is 2.37. The van der Waals surface area contributed by atoms with E-state index in [4.69, 9.17) is 4.74 Å². The number of hydrogen-bond donors (Lipinski definition) is 2. The van der Waals surface area contributed by atoms with Crippen LogP contribution in [0, 0.1) is 0 Å². The van der Waals surface area contributed by atoms with E-state index in [-0.39, 0.29) is 6.42 Å². The van der Waals surface area contributed by atoms with Crippen molar-refractivity contribution in [3.8, 4) is 5.75 Å². The van der Waals surface area contributed by atoms with Crippen molar-refractivity contribution in [2.24, 2.45) is 0 Å². The van der Waals surface area contributed by atoms with Gasteiger partial charge in [-0.25, -0.2) is 4.79 Å². The summed E-state index contributed by atoms with van der Waals surface area (Å²) >= 11 is 0. The van der Waals surface area contributed by atoms with Crippen LogP contribution in [0.4, 0.5) is 0 Å². The molecule has 0 fully saturated rings. The molecule has 1 rings (SSSR count). The molecule has 4 heteroatoms. The van der Waals surface area contributed by atoms with E-state index in [1.165, 1.54) is 0 Å². The molecule has 4 nitrogen and oxygen atoms in total. The van der Waals surface area contributed by atoms with Gasteiger partial charge in [0.1, 0.15) is 5.75 Å². The molecule has 0 saturated heterocycles. The highest BCUT2D eigenvalue weighted by Gasteiger charge is 2.42. The Labute approximate surface area is 114 Å². The Morgan fingerprint density at radius 2 is 2.00 bits per heavy atom. The number of carboxylic acids is 1. The summed E-state index contributed by atoms with van der Waals surface area (Å²) in [6.45, 7) is 5.95. The van der Waals surface area contributed by atoms with Gasteiger partial charge in [0.25, 0.3) is 0 Å². The molecule has 1 aromatic carbocycles. The van der Waals surface area contributed by atoms with Gasteiger partial charge < -0.3 is 14.9 Å². The first-order valence-corrected chi connectivity index (χ1v) is 6.64. The summed E-state index contributed by atoms with van der Waals surface area (Å²) in [5.41, 5.74) is -1.04. The Kier molecular flexibility index (Phi) is 5.36. The monoisotopic (exact) mass is 266 g/mol. The summed E-state index contributed by atoms with van der Waals surface area (Å²) < 4.78 is 5.51. The van der Waals surface area contributed by atoms with Crippen molar-refractivity contribution in [3.05, 3.63) is 29.8 Å². The summed E-state index contributed by atoms with van der Waals surface area (Å²) in [5, 5.41) is 19.8. The summed E-state index contributed by atoms with van der Waals surface area (Å²) in [7, 11) is 0. The van der Waals surface area contributed by atoms with Crippen LogP contribution in [0.1, 0.15) is 45.1 Å². The Morgan fingerprint density at radius 3 is 2.53 bits per heavy atom.